The van der Waals surface area contributed by atoms with Crippen molar-refractivity contribution in [3.8, 4) is 0 Å². The Morgan fingerprint density at radius 3 is 1.50 bits per heavy atom. The zero-order valence-electron chi connectivity index (χ0n) is 17.6. The molecule has 0 radical (unpaired) electrons. The fraction of sp³-hybridized carbons (Fsp3) is 0.360. The zero-order valence-corrected chi connectivity index (χ0v) is 17.6. The molecule has 0 unspecified atom stereocenters. The van der Waals surface area contributed by atoms with Gasteiger partial charge in [0, 0.05) is 16.7 Å². The van der Waals surface area contributed by atoms with Gasteiger partial charge in [0.2, 0.25) is 0 Å². The predicted molar refractivity (Wildman–Crippen MR) is 116 cm³/mol. The van der Waals surface area contributed by atoms with Gasteiger partial charge >= 0.3 is 5.97 Å². The minimum atomic E-state index is -0.753. The molecule has 0 saturated carbocycles. The summed E-state index contributed by atoms with van der Waals surface area (Å²) in [4.78, 5) is 23.0. The van der Waals surface area contributed by atoms with Gasteiger partial charge < -0.3 is 5.11 Å². The largest absolute Gasteiger partial charge is 0.478 e. The normalized spacial score (nSPS) is 11.5. The van der Waals surface area contributed by atoms with E-state index in [0.717, 1.165) is 29.5 Å². The highest BCUT2D eigenvalue weighted by Gasteiger charge is 2.19. The first kappa shape index (κ1) is 23.4. The van der Waals surface area contributed by atoms with Crippen molar-refractivity contribution in [2.45, 2.75) is 47.5 Å². The van der Waals surface area contributed by atoms with E-state index in [1.54, 1.807) is 0 Å². The molecular formula is C25H32O3. The van der Waals surface area contributed by atoms with Gasteiger partial charge in [0.15, 0.2) is 5.78 Å². The molecular weight excluding hydrogens is 348 g/mol. The molecule has 0 aliphatic rings. The lowest BCUT2D eigenvalue weighted by molar-refractivity contribution is -0.133. The molecule has 150 valence electrons. The average Bonchev–Trinajstić information content (AvgIpc) is 2.68. The van der Waals surface area contributed by atoms with Crippen LogP contribution in [0, 0.1) is 11.8 Å². The second-order valence-corrected chi connectivity index (χ2v) is 7.36. The summed E-state index contributed by atoms with van der Waals surface area (Å²) in [5.41, 5.74) is 3.19. The van der Waals surface area contributed by atoms with Crippen molar-refractivity contribution < 1.29 is 14.7 Å². The van der Waals surface area contributed by atoms with Gasteiger partial charge in [-0.15, -0.1) is 0 Å². The summed E-state index contributed by atoms with van der Waals surface area (Å²) in [5.74, 6) is -0.233. The topological polar surface area (TPSA) is 54.4 Å². The summed E-state index contributed by atoms with van der Waals surface area (Å²) in [7, 11) is 0. The first-order valence-corrected chi connectivity index (χ1v) is 9.90. The number of hydrogen-bond donors (Lipinski definition) is 1. The van der Waals surface area contributed by atoms with Crippen molar-refractivity contribution in [1.82, 2.24) is 0 Å². The van der Waals surface area contributed by atoms with Crippen molar-refractivity contribution in [1.29, 1.82) is 0 Å². The summed E-state index contributed by atoms with van der Waals surface area (Å²) in [6.07, 6.45) is 1.91. The molecule has 2 aromatic rings. The second-order valence-electron chi connectivity index (χ2n) is 7.36. The highest BCUT2D eigenvalue weighted by molar-refractivity contribution is 6.08. The van der Waals surface area contributed by atoms with Crippen LogP contribution in [0.4, 0.5) is 0 Å². The molecule has 0 aliphatic carbocycles. The van der Waals surface area contributed by atoms with Crippen molar-refractivity contribution in [3.63, 3.8) is 0 Å². The van der Waals surface area contributed by atoms with Crippen molar-refractivity contribution in [2.75, 3.05) is 0 Å². The predicted octanol–water partition coefficient (Wildman–Crippen LogP) is 6.40. The van der Waals surface area contributed by atoms with Gasteiger partial charge in [-0.3, -0.25) is 4.79 Å². The van der Waals surface area contributed by atoms with Crippen LogP contribution in [0.3, 0.4) is 0 Å². The molecule has 0 heterocycles. The summed E-state index contributed by atoms with van der Waals surface area (Å²) in [6.45, 7) is 10.1. The van der Waals surface area contributed by atoms with Gasteiger partial charge in [0.1, 0.15) is 0 Å². The Labute approximate surface area is 169 Å². The Morgan fingerprint density at radius 2 is 1.21 bits per heavy atom. The molecule has 0 aromatic heterocycles. The van der Waals surface area contributed by atoms with Crippen LogP contribution in [0.5, 0.6) is 0 Å². The van der Waals surface area contributed by atoms with Gasteiger partial charge in [0.05, 0.1) is 0 Å². The van der Waals surface area contributed by atoms with Crippen LogP contribution in [-0.2, 0) is 4.79 Å². The number of rotatable bonds is 7. The molecule has 28 heavy (non-hydrogen) atoms. The molecule has 0 saturated heterocycles. The Bertz CT molecular complexity index is 730. The van der Waals surface area contributed by atoms with Gasteiger partial charge in [-0.1, -0.05) is 107 Å². The number of carbonyl (C=O) groups excluding carboxylic acids is 1. The van der Waals surface area contributed by atoms with Crippen LogP contribution in [0.1, 0.15) is 63.4 Å². The molecule has 0 atom stereocenters. The number of aliphatic carboxylic acids is 1. The quantitative estimate of drug-likeness (QED) is 0.447. The van der Waals surface area contributed by atoms with Crippen LogP contribution in [0.15, 0.2) is 71.8 Å². The molecule has 0 aliphatic heterocycles. The third kappa shape index (κ3) is 7.15. The fourth-order valence-corrected chi connectivity index (χ4v) is 3.10. The van der Waals surface area contributed by atoms with E-state index in [9.17, 15) is 9.59 Å². The number of benzene rings is 2. The lowest BCUT2D eigenvalue weighted by Crippen LogP contribution is -2.13. The van der Waals surface area contributed by atoms with E-state index in [1.807, 2.05) is 74.5 Å². The minimum Gasteiger partial charge on any atom is -0.478 e. The van der Waals surface area contributed by atoms with E-state index in [0.29, 0.717) is 11.5 Å². The van der Waals surface area contributed by atoms with E-state index in [1.165, 1.54) is 0 Å². The number of carbonyl (C=O) groups is 2. The van der Waals surface area contributed by atoms with Crippen LogP contribution >= 0.6 is 0 Å². The smallest absolute Gasteiger partial charge is 0.331 e. The fourth-order valence-electron chi connectivity index (χ4n) is 3.10. The molecule has 3 heteroatoms. The highest BCUT2D eigenvalue weighted by Crippen LogP contribution is 2.25. The zero-order chi connectivity index (χ0) is 21.1. The van der Waals surface area contributed by atoms with Crippen LogP contribution in [0.2, 0.25) is 0 Å². The molecule has 0 bridgehead atoms. The van der Waals surface area contributed by atoms with E-state index in [2.05, 4.69) is 20.8 Å². The van der Waals surface area contributed by atoms with Gasteiger partial charge in [-0.2, -0.15) is 0 Å². The van der Waals surface area contributed by atoms with Crippen LogP contribution in [0.25, 0.3) is 0 Å². The van der Waals surface area contributed by atoms with Crippen molar-refractivity contribution >= 4 is 11.8 Å². The Morgan fingerprint density at radius 1 is 0.786 bits per heavy atom. The maximum Gasteiger partial charge on any atom is 0.331 e. The Kier molecular flexibility index (Phi) is 9.94. The van der Waals surface area contributed by atoms with E-state index >= 15 is 0 Å². The number of carboxylic acid groups (broad SMARTS) is 1. The molecule has 2 aromatic carbocycles. The van der Waals surface area contributed by atoms with Crippen molar-refractivity contribution in [2.24, 2.45) is 11.8 Å². The van der Waals surface area contributed by atoms with Gasteiger partial charge in [-0.25, -0.2) is 4.79 Å². The SMILES string of the molecule is CCCC(=C(C(=O)O)C(C)C)C(C)C.O=C(c1ccccc1)c1ccccc1. The van der Waals surface area contributed by atoms with Crippen LogP contribution < -0.4 is 0 Å². The maximum absolute atomic E-state index is 11.8. The Balaban J connectivity index is 0.000000280. The summed E-state index contributed by atoms with van der Waals surface area (Å²) in [5, 5.41) is 9.13. The average molecular weight is 381 g/mol. The van der Waals surface area contributed by atoms with E-state index in [4.69, 9.17) is 5.11 Å². The molecule has 0 fully saturated rings. The molecule has 2 rings (SSSR count). The third-order valence-corrected chi connectivity index (χ3v) is 4.44. The number of carboxylic acids is 1. The lowest BCUT2D eigenvalue weighted by atomic mass is 9.88. The van der Waals surface area contributed by atoms with Gasteiger partial charge in [-0.05, 0) is 18.3 Å². The summed E-state index contributed by atoms with van der Waals surface area (Å²) >= 11 is 0. The second kappa shape index (κ2) is 11.9. The third-order valence-electron chi connectivity index (χ3n) is 4.44. The number of allylic oxidation sites excluding steroid dienone is 1. The number of hydrogen-bond acceptors (Lipinski definition) is 2. The Hall–Kier alpha value is -2.68. The first-order valence-electron chi connectivity index (χ1n) is 9.90. The van der Waals surface area contributed by atoms with E-state index < -0.39 is 5.97 Å². The standard InChI is InChI=1S/C13H10O.C12H22O2/c14-13(11-7-3-1-4-8-11)12-9-5-2-6-10-12;1-6-7-10(8(2)3)11(9(4)5)12(13)14/h1-10H;8-9H,6-7H2,1-5H3,(H,13,14). The maximum atomic E-state index is 11.8. The lowest BCUT2D eigenvalue weighted by Gasteiger charge is -2.17. The number of ketones is 1. The van der Waals surface area contributed by atoms with Crippen LogP contribution in [-0.4, -0.2) is 16.9 Å². The minimum absolute atomic E-state index is 0.0752. The molecule has 0 spiro atoms. The van der Waals surface area contributed by atoms with Gasteiger partial charge in [0.25, 0.3) is 0 Å². The summed E-state index contributed by atoms with van der Waals surface area (Å²) in [6, 6.07) is 18.6. The van der Waals surface area contributed by atoms with Crippen molar-refractivity contribution in [3.05, 3.63) is 82.9 Å². The molecule has 1 N–H and O–H groups in total. The summed E-state index contributed by atoms with van der Waals surface area (Å²) < 4.78 is 0. The highest BCUT2D eigenvalue weighted by atomic mass is 16.4. The monoisotopic (exact) mass is 380 g/mol. The first-order chi connectivity index (χ1) is 13.3. The van der Waals surface area contributed by atoms with E-state index in [-0.39, 0.29) is 11.7 Å². The molecule has 0 amide bonds. The molecule has 3 nitrogen and oxygen atoms in total.